The van der Waals surface area contributed by atoms with E-state index in [1.165, 1.54) is 28.6 Å². The number of anilines is 1. The second-order valence-corrected chi connectivity index (χ2v) is 12.2. The second kappa shape index (κ2) is 9.90. The van der Waals surface area contributed by atoms with Crippen molar-refractivity contribution in [2.24, 2.45) is 0 Å². The molecule has 8 nitrogen and oxygen atoms in total. The van der Waals surface area contributed by atoms with Gasteiger partial charge in [0.2, 0.25) is 26.0 Å². The van der Waals surface area contributed by atoms with Crippen LogP contribution in [0.3, 0.4) is 0 Å². The first-order chi connectivity index (χ1) is 16.6. The quantitative estimate of drug-likeness (QED) is 0.546. The molecule has 1 heterocycles. The molecule has 1 saturated heterocycles. The number of benzene rings is 3. The number of hydrogen-bond acceptors (Lipinski definition) is 5. The zero-order valence-electron chi connectivity index (χ0n) is 19.5. The van der Waals surface area contributed by atoms with Crippen LogP contribution in [0.5, 0.6) is 0 Å². The van der Waals surface area contributed by atoms with Crippen molar-refractivity contribution in [3.05, 3.63) is 90.0 Å². The maximum Gasteiger partial charge on any atom is 0.244 e. The summed E-state index contributed by atoms with van der Waals surface area (Å²) in [6.07, 6.45) is 0. The molecule has 0 aliphatic carbocycles. The Bertz CT molecular complexity index is 1430. The lowest BCUT2D eigenvalue weighted by Gasteiger charge is -2.38. The molecule has 1 N–H and O–H groups in total. The summed E-state index contributed by atoms with van der Waals surface area (Å²) in [4.78, 5) is 13.6. The molecular weight excluding hydrogens is 486 g/mol. The third kappa shape index (κ3) is 5.15. The van der Waals surface area contributed by atoms with Crippen LogP contribution in [0.1, 0.15) is 11.1 Å². The summed E-state index contributed by atoms with van der Waals surface area (Å²) in [7, 11) is -7.96. The molecule has 0 aromatic heterocycles. The number of amides is 1. The summed E-state index contributed by atoms with van der Waals surface area (Å²) >= 11 is 0. The number of nitrogens with one attached hydrogen (secondary N) is 1. The van der Waals surface area contributed by atoms with E-state index in [1.54, 1.807) is 48.5 Å². The predicted octanol–water partition coefficient (Wildman–Crippen LogP) is 3.01. The number of hydrogen-bond donors (Lipinski definition) is 1. The average Bonchev–Trinajstić information content (AvgIpc) is 2.87. The number of rotatable bonds is 6. The van der Waals surface area contributed by atoms with E-state index in [2.05, 4.69) is 5.32 Å². The van der Waals surface area contributed by atoms with Gasteiger partial charge in [0, 0.05) is 25.3 Å². The van der Waals surface area contributed by atoms with Crippen LogP contribution in [0.25, 0.3) is 0 Å². The van der Waals surface area contributed by atoms with Crippen LogP contribution in [0.4, 0.5) is 5.69 Å². The summed E-state index contributed by atoms with van der Waals surface area (Å²) < 4.78 is 55.7. The summed E-state index contributed by atoms with van der Waals surface area (Å²) in [6, 6.07) is 19.9. The molecule has 0 radical (unpaired) electrons. The van der Waals surface area contributed by atoms with Crippen molar-refractivity contribution in [3.63, 3.8) is 0 Å². The molecule has 0 spiro atoms. The van der Waals surface area contributed by atoms with E-state index in [4.69, 9.17) is 0 Å². The number of aryl methyl sites for hydroxylation is 2. The zero-order chi connectivity index (χ0) is 25.2. The third-order valence-corrected chi connectivity index (χ3v) is 9.90. The summed E-state index contributed by atoms with van der Waals surface area (Å²) in [6.45, 7) is 3.32. The minimum atomic E-state index is -4.05. The van der Waals surface area contributed by atoms with E-state index in [1.807, 2.05) is 19.9 Å². The fourth-order valence-corrected chi connectivity index (χ4v) is 7.02. The monoisotopic (exact) mass is 513 g/mol. The van der Waals surface area contributed by atoms with Gasteiger partial charge in [-0.3, -0.25) is 4.79 Å². The summed E-state index contributed by atoms with van der Waals surface area (Å²) in [5.74, 6) is -0.597. The predicted molar refractivity (Wildman–Crippen MR) is 134 cm³/mol. The Kier molecular flexibility index (Phi) is 7.09. The van der Waals surface area contributed by atoms with Gasteiger partial charge in [-0.2, -0.15) is 8.61 Å². The van der Waals surface area contributed by atoms with E-state index >= 15 is 0 Å². The molecule has 10 heteroatoms. The number of nitrogens with zero attached hydrogens (tertiary/aromatic N) is 2. The fraction of sp³-hybridized carbons (Fsp3) is 0.240. The van der Waals surface area contributed by atoms with Gasteiger partial charge in [-0.25, -0.2) is 16.8 Å². The third-order valence-electron chi connectivity index (χ3n) is 6.10. The van der Waals surface area contributed by atoms with Gasteiger partial charge in [-0.15, -0.1) is 0 Å². The van der Waals surface area contributed by atoms with Crippen LogP contribution in [0.2, 0.25) is 0 Å². The van der Waals surface area contributed by atoms with Gasteiger partial charge in [-0.1, -0.05) is 42.5 Å². The molecule has 1 aliphatic rings. The van der Waals surface area contributed by atoms with Crippen LogP contribution in [0.15, 0.2) is 88.7 Å². The van der Waals surface area contributed by atoms with Crippen molar-refractivity contribution >= 4 is 31.6 Å². The molecule has 1 unspecified atom stereocenters. The van der Waals surface area contributed by atoms with Crippen molar-refractivity contribution in [1.82, 2.24) is 8.61 Å². The Balaban J connectivity index is 1.69. The van der Waals surface area contributed by atoms with Crippen LogP contribution in [-0.4, -0.2) is 57.0 Å². The van der Waals surface area contributed by atoms with E-state index in [0.717, 1.165) is 15.4 Å². The highest BCUT2D eigenvalue weighted by Gasteiger charge is 2.43. The molecule has 3 aromatic carbocycles. The van der Waals surface area contributed by atoms with Crippen molar-refractivity contribution < 1.29 is 21.6 Å². The smallest absolute Gasteiger partial charge is 0.244 e. The molecule has 4 rings (SSSR count). The molecule has 3 aromatic rings. The largest absolute Gasteiger partial charge is 0.325 e. The first kappa shape index (κ1) is 25.1. The highest BCUT2D eigenvalue weighted by atomic mass is 32.2. The number of piperazine rings is 1. The van der Waals surface area contributed by atoms with Gasteiger partial charge in [0.25, 0.3) is 0 Å². The van der Waals surface area contributed by atoms with E-state index in [0.29, 0.717) is 5.69 Å². The van der Waals surface area contributed by atoms with Crippen LogP contribution >= 0.6 is 0 Å². The molecule has 1 amide bonds. The van der Waals surface area contributed by atoms with Gasteiger partial charge in [-0.05, 0) is 61.4 Å². The molecule has 1 fully saturated rings. The van der Waals surface area contributed by atoms with Crippen molar-refractivity contribution in [1.29, 1.82) is 0 Å². The SMILES string of the molecule is Cc1ccc(NC(=O)C2CN(S(=O)(=O)c3ccccc3)CCN2S(=O)(=O)c2ccccc2)cc1C. The Morgan fingerprint density at radius 3 is 1.91 bits per heavy atom. The molecular formula is C25H27N3O5S2. The summed E-state index contributed by atoms with van der Waals surface area (Å²) in [5, 5.41) is 2.78. The Morgan fingerprint density at radius 2 is 1.34 bits per heavy atom. The van der Waals surface area contributed by atoms with Crippen molar-refractivity contribution in [2.45, 2.75) is 29.7 Å². The van der Waals surface area contributed by atoms with Gasteiger partial charge < -0.3 is 5.32 Å². The highest BCUT2D eigenvalue weighted by molar-refractivity contribution is 7.89. The van der Waals surface area contributed by atoms with Crippen LogP contribution in [-0.2, 0) is 24.8 Å². The number of carbonyl (C=O) groups is 1. The lowest BCUT2D eigenvalue weighted by molar-refractivity contribution is -0.120. The van der Waals surface area contributed by atoms with Crippen LogP contribution < -0.4 is 5.32 Å². The normalized spacial score (nSPS) is 17.7. The van der Waals surface area contributed by atoms with Crippen LogP contribution in [0, 0.1) is 13.8 Å². The first-order valence-corrected chi connectivity index (χ1v) is 14.0. The Hall–Kier alpha value is -3.05. The molecule has 0 saturated carbocycles. The lowest BCUT2D eigenvalue weighted by Crippen LogP contribution is -2.60. The van der Waals surface area contributed by atoms with Gasteiger partial charge in [0.1, 0.15) is 6.04 Å². The maximum absolute atomic E-state index is 13.5. The zero-order valence-corrected chi connectivity index (χ0v) is 21.1. The standard InChI is InChI=1S/C25H27N3O5S2/c1-19-13-14-21(17-20(19)2)26-25(29)24-18-27(34(30,31)22-9-5-3-6-10-22)15-16-28(24)35(32,33)23-11-7-4-8-12-23/h3-14,17,24H,15-16,18H2,1-2H3,(H,26,29). The molecule has 184 valence electrons. The van der Waals surface area contributed by atoms with E-state index < -0.39 is 32.0 Å². The van der Waals surface area contributed by atoms with Gasteiger partial charge >= 0.3 is 0 Å². The summed E-state index contributed by atoms with van der Waals surface area (Å²) in [5.41, 5.74) is 2.53. The highest BCUT2D eigenvalue weighted by Crippen LogP contribution is 2.26. The first-order valence-electron chi connectivity index (χ1n) is 11.1. The fourth-order valence-electron chi connectivity index (χ4n) is 3.97. The minimum absolute atomic E-state index is 0.0448. The Morgan fingerprint density at radius 1 is 0.771 bits per heavy atom. The second-order valence-electron chi connectivity index (χ2n) is 8.41. The molecule has 0 bridgehead atoms. The average molecular weight is 514 g/mol. The molecule has 35 heavy (non-hydrogen) atoms. The van der Waals surface area contributed by atoms with E-state index in [-0.39, 0.29) is 29.4 Å². The topological polar surface area (TPSA) is 104 Å². The minimum Gasteiger partial charge on any atom is -0.325 e. The maximum atomic E-state index is 13.5. The Labute approximate surface area is 206 Å². The van der Waals surface area contributed by atoms with Gasteiger partial charge in [0.05, 0.1) is 9.79 Å². The molecule has 1 aliphatic heterocycles. The van der Waals surface area contributed by atoms with Crippen molar-refractivity contribution in [2.75, 3.05) is 25.0 Å². The van der Waals surface area contributed by atoms with Crippen molar-refractivity contribution in [3.8, 4) is 0 Å². The number of carbonyl (C=O) groups excluding carboxylic acids is 1. The number of sulfonamides is 2. The van der Waals surface area contributed by atoms with Gasteiger partial charge in [0.15, 0.2) is 0 Å². The van der Waals surface area contributed by atoms with E-state index in [9.17, 15) is 21.6 Å². The molecule has 1 atom stereocenters. The lowest BCUT2D eigenvalue weighted by atomic mass is 10.1.